The number of nitrogens with zero attached hydrogens (tertiary/aromatic N) is 4. The molecule has 1 aromatic heterocycles. The lowest BCUT2D eigenvalue weighted by molar-refractivity contribution is -0.137. The van der Waals surface area contributed by atoms with Crippen molar-refractivity contribution < 1.29 is 13.2 Å². The summed E-state index contributed by atoms with van der Waals surface area (Å²) in [4.78, 5) is 8.88. The van der Waals surface area contributed by atoms with Gasteiger partial charge in [0.25, 0.3) is 0 Å². The van der Waals surface area contributed by atoms with Gasteiger partial charge in [0.15, 0.2) is 0 Å². The van der Waals surface area contributed by atoms with Crippen LogP contribution in [-0.4, -0.2) is 40.6 Å². The molecule has 1 aliphatic heterocycles. The standard InChI is InChI=1S/C20H20ClF3N4/c1-26-17-5-3-2-4-16(17)25-19(26)13-27-8-10-28(11-9-27)18-12-14(20(22,23)24)6-7-15(18)21/h2-7,12H,8-11,13H2,1H3. The third kappa shape index (κ3) is 3.69. The van der Waals surface area contributed by atoms with Crippen molar-refractivity contribution in [2.24, 2.45) is 7.05 Å². The monoisotopic (exact) mass is 408 g/mol. The highest BCUT2D eigenvalue weighted by Crippen LogP contribution is 2.35. The molecule has 8 heteroatoms. The lowest BCUT2D eigenvalue weighted by Crippen LogP contribution is -2.46. The Labute approximate surface area is 166 Å². The second-order valence-electron chi connectivity index (χ2n) is 7.00. The zero-order valence-corrected chi connectivity index (χ0v) is 16.1. The van der Waals surface area contributed by atoms with Crippen molar-refractivity contribution in [3.63, 3.8) is 0 Å². The maximum absolute atomic E-state index is 13.0. The van der Waals surface area contributed by atoms with Crippen molar-refractivity contribution in [1.82, 2.24) is 14.5 Å². The molecule has 1 saturated heterocycles. The Hall–Kier alpha value is -2.25. The van der Waals surface area contributed by atoms with Crippen LogP contribution in [0.25, 0.3) is 11.0 Å². The molecule has 4 rings (SSSR count). The van der Waals surface area contributed by atoms with Crippen molar-refractivity contribution in [3.05, 3.63) is 58.9 Å². The molecular weight excluding hydrogens is 389 g/mol. The molecule has 1 fully saturated rings. The molecule has 0 amide bonds. The van der Waals surface area contributed by atoms with E-state index >= 15 is 0 Å². The van der Waals surface area contributed by atoms with Crippen LogP contribution in [-0.2, 0) is 19.8 Å². The number of rotatable bonds is 3. The molecule has 148 valence electrons. The van der Waals surface area contributed by atoms with Gasteiger partial charge in [-0.1, -0.05) is 23.7 Å². The Morgan fingerprint density at radius 2 is 1.75 bits per heavy atom. The molecule has 0 atom stereocenters. The summed E-state index contributed by atoms with van der Waals surface area (Å²) in [7, 11) is 2.00. The minimum atomic E-state index is -4.37. The molecule has 0 spiro atoms. The largest absolute Gasteiger partial charge is 0.416 e. The van der Waals surface area contributed by atoms with E-state index in [1.54, 1.807) is 0 Å². The molecule has 0 unspecified atom stereocenters. The van der Waals surface area contributed by atoms with Crippen LogP contribution in [0.5, 0.6) is 0 Å². The Kier molecular flexibility index (Phi) is 4.97. The Balaban J connectivity index is 1.45. The van der Waals surface area contributed by atoms with Gasteiger partial charge in [0.2, 0.25) is 0 Å². The number of aryl methyl sites for hydroxylation is 1. The summed E-state index contributed by atoms with van der Waals surface area (Å²) in [5, 5.41) is 0.344. The van der Waals surface area contributed by atoms with Gasteiger partial charge in [-0.15, -0.1) is 0 Å². The van der Waals surface area contributed by atoms with Gasteiger partial charge in [0, 0.05) is 33.2 Å². The summed E-state index contributed by atoms with van der Waals surface area (Å²) < 4.78 is 41.1. The zero-order chi connectivity index (χ0) is 19.9. The fourth-order valence-electron chi connectivity index (χ4n) is 3.62. The van der Waals surface area contributed by atoms with Crippen molar-refractivity contribution in [3.8, 4) is 0 Å². The van der Waals surface area contributed by atoms with Crippen LogP contribution >= 0.6 is 11.6 Å². The van der Waals surface area contributed by atoms with E-state index in [0.29, 0.717) is 30.3 Å². The summed E-state index contributed by atoms with van der Waals surface area (Å²) in [6.45, 7) is 3.40. The second-order valence-corrected chi connectivity index (χ2v) is 7.41. The van der Waals surface area contributed by atoms with Gasteiger partial charge in [-0.05, 0) is 30.3 Å². The van der Waals surface area contributed by atoms with Gasteiger partial charge >= 0.3 is 6.18 Å². The number of piperazine rings is 1. The molecule has 4 nitrogen and oxygen atoms in total. The van der Waals surface area contributed by atoms with Crippen molar-refractivity contribution in [2.45, 2.75) is 12.7 Å². The van der Waals surface area contributed by atoms with Crippen LogP contribution in [0, 0.1) is 0 Å². The molecule has 0 aliphatic carbocycles. The smallest absolute Gasteiger partial charge is 0.368 e. The quantitative estimate of drug-likeness (QED) is 0.634. The fourth-order valence-corrected chi connectivity index (χ4v) is 3.85. The van der Waals surface area contributed by atoms with Crippen molar-refractivity contribution in [1.29, 1.82) is 0 Å². The highest BCUT2D eigenvalue weighted by Gasteiger charge is 2.32. The van der Waals surface area contributed by atoms with Crippen molar-refractivity contribution in [2.75, 3.05) is 31.1 Å². The zero-order valence-electron chi connectivity index (χ0n) is 15.4. The van der Waals surface area contributed by atoms with Crippen molar-refractivity contribution >= 4 is 28.3 Å². The SMILES string of the molecule is Cn1c(CN2CCN(c3cc(C(F)(F)F)ccc3Cl)CC2)nc2ccccc21. The van der Waals surface area contributed by atoms with E-state index in [-0.39, 0.29) is 0 Å². The van der Waals surface area contributed by atoms with Crippen LogP contribution < -0.4 is 4.90 Å². The van der Waals surface area contributed by atoms with Gasteiger partial charge in [-0.2, -0.15) is 13.2 Å². The molecule has 2 aromatic carbocycles. The highest BCUT2D eigenvalue weighted by atomic mass is 35.5. The molecule has 0 saturated carbocycles. The molecular formula is C20H20ClF3N4. The van der Waals surface area contributed by atoms with E-state index in [2.05, 4.69) is 9.47 Å². The first kappa shape index (κ1) is 19.1. The Morgan fingerprint density at radius 3 is 2.43 bits per heavy atom. The fraction of sp³-hybridized carbons (Fsp3) is 0.350. The number of halogens is 4. The first-order chi connectivity index (χ1) is 13.3. The molecule has 0 N–H and O–H groups in total. The normalized spacial score (nSPS) is 16.1. The molecule has 28 heavy (non-hydrogen) atoms. The summed E-state index contributed by atoms with van der Waals surface area (Å²) >= 11 is 6.18. The lowest BCUT2D eigenvalue weighted by Gasteiger charge is -2.36. The summed E-state index contributed by atoms with van der Waals surface area (Å²) in [5.74, 6) is 0.978. The Bertz CT molecular complexity index is 991. The third-order valence-corrected chi connectivity index (χ3v) is 5.55. The molecule has 0 radical (unpaired) electrons. The van der Waals surface area contributed by atoms with Crippen LogP contribution in [0.1, 0.15) is 11.4 Å². The van der Waals surface area contributed by atoms with E-state index in [0.717, 1.165) is 42.1 Å². The number of anilines is 1. The maximum atomic E-state index is 13.0. The average molecular weight is 409 g/mol. The van der Waals surface area contributed by atoms with E-state index in [1.165, 1.54) is 6.07 Å². The summed E-state index contributed by atoms with van der Waals surface area (Å²) in [6, 6.07) is 11.5. The topological polar surface area (TPSA) is 24.3 Å². The van der Waals surface area contributed by atoms with Gasteiger partial charge in [-0.3, -0.25) is 4.90 Å². The van der Waals surface area contributed by atoms with E-state index in [4.69, 9.17) is 16.6 Å². The number of fused-ring (bicyclic) bond motifs is 1. The number of para-hydroxylation sites is 2. The molecule has 1 aliphatic rings. The minimum absolute atomic E-state index is 0.344. The number of imidazole rings is 1. The maximum Gasteiger partial charge on any atom is 0.416 e. The number of benzene rings is 2. The predicted octanol–water partition coefficient (Wildman–Crippen LogP) is 4.57. The average Bonchev–Trinajstić information content (AvgIpc) is 2.98. The van der Waals surface area contributed by atoms with Gasteiger partial charge in [-0.25, -0.2) is 4.98 Å². The molecule has 3 aromatic rings. The predicted molar refractivity (Wildman–Crippen MR) is 105 cm³/mol. The molecule has 2 heterocycles. The minimum Gasteiger partial charge on any atom is -0.368 e. The van der Waals surface area contributed by atoms with Gasteiger partial charge < -0.3 is 9.47 Å². The van der Waals surface area contributed by atoms with Crippen LogP contribution in [0.2, 0.25) is 5.02 Å². The van der Waals surface area contributed by atoms with E-state index in [1.807, 2.05) is 36.2 Å². The van der Waals surface area contributed by atoms with Gasteiger partial charge in [0.1, 0.15) is 5.82 Å². The van der Waals surface area contributed by atoms with E-state index < -0.39 is 11.7 Å². The lowest BCUT2D eigenvalue weighted by atomic mass is 10.1. The number of alkyl halides is 3. The first-order valence-corrected chi connectivity index (χ1v) is 9.45. The van der Waals surface area contributed by atoms with Gasteiger partial charge in [0.05, 0.1) is 33.9 Å². The van der Waals surface area contributed by atoms with Crippen LogP contribution in [0.15, 0.2) is 42.5 Å². The summed E-state index contributed by atoms with van der Waals surface area (Å²) in [5.41, 5.74) is 1.83. The second kappa shape index (κ2) is 7.29. The first-order valence-electron chi connectivity index (χ1n) is 9.07. The number of hydrogen-bond donors (Lipinski definition) is 0. The summed E-state index contributed by atoms with van der Waals surface area (Å²) in [6.07, 6.45) is -4.37. The third-order valence-electron chi connectivity index (χ3n) is 5.23. The van der Waals surface area contributed by atoms with Crippen LogP contribution in [0.4, 0.5) is 18.9 Å². The number of hydrogen-bond acceptors (Lipinski definition) is 3. The molecule has 0 bridgehead atoms. The van der Waals surface area contributed by atoms with E-state index in [9.17, 15) is 13.2 Å². The Morgan fingerprint density at radius 1 is 1.04 bits per heavy atom. The highest BCUT2D eigenvalue weighted by molar-refractivity contribution is 6.33. The van der Waals surface area contributed by atoms with Crippen LogP contribution in [0.3, 0.4) is 0 Å². The number of aromatic nitrogens is 2.